The maximum Gasteiger partial charge on any atom is 0.220 e. The minimum atomic E-state index is 0.0489. The Hall–Kier alpha value is -1.55. The largest absolute Gasteiger partial charge is 0.488 e. The summed E-state index contributed by atoms with van der Waals surface area (Å²) in [5.41, 5.74) is 6.96. The second kappa shape index (κ2) is 7.46. The lowest BCUT2D eigenvalue weighted by Crippen LogP contribution is -2.36. The Kier molecular flexibility index (Phi) is 5.62. The lowest BCUT2D eigenvalue weighted by Gasteiger charge is -2.17. The number of nitrogens with one attached hydrogen (secondary N) is 1. The van der Waals surface area contributed by atoms with Crippen molar-refractivity contribution >= 4 is 5.91 Å². The van der Waals surface area contributed by atoms with Crippen molar-refractivity contribution in [1.82, 2.24) is 5.32 Å². The first-order chi connectivity index (χ1) is 10.1. The molecule has 1 aromatic rings. The van der Waals surface area contributed by atoms with Gasteiger partial charge in [0, 0.05) is 12.8 Å². The van der Waals surface area contributed by atoms with Crippen LogP contribution in [0.5, 0.6) is 5.75 Å². The number of hydrogen-bond acceptors (Lipinski definition) is 3. The van der Waals surface area contributed by atoms with E-state index in [1.807, 2.05) is 18.2 Å². The lowest BCUT2D eigenvalue weighted by molar-refractivity contribution is -0.122. The van der Waals surface area contributed by atoms with Crippen LogP contribution in [0.1, 0.15) is 32.3 Å². The van der Waals surface area contributed by atoms with Gasteiger partial charge < -0.3 is 15.8 Å². The van der Waals surface area contributed by atoms with E-state index in [0.717, 1.165) is 18.6 Å². The molecule has 0 radical (unpaired) electrons. The minimum absolute atomic E-state index is 0.0489. The van der Waals surface area contributed by atoms with Gasteiger partial charge in [0.2, 0.25) is 5.91 Å². The van der Waals surface area contributed by atoms with E-state index in [1.54, 1.807) is 0 Å². The van der Waals surface area contributed by atoms with Gasteiger partial charge in [-0.2, -0.15) is 0 Å². The van der Waals surface area contributed by atoms with Crippen LogP contribution in [0.4, 0.5) is 0 Å². The Morgan fingerprint density at radius 3 is 2.86 bits per heavy atom. The fourth-order valence-electron chi connectivity index (χ4n) is 2.86. The van der Waals surface area contributed by atoms with Crippen LogP contribution in [0.2, 0.25) is 0 Å². The maximum atomic E-state index is 12.0. The van der Waals surface area contributed by atoms with E-state index in [9.17, 15) is 4.79 Å². The number of nitrogens with two attached hydrogens (primary N) is 1. The monoisotopic (exact) mass is 290 g/mol. The van der Waals surface area contributed by atoms with Crippen LogP contribution < -0.4 is 15.8 Å². The summed E-state index contributed by atoms with van der Waals surface area (Å²) in [6.45, 7) is 5.44. The number of rotatable bonds is 7. The number of ether oxygens (including phenoxy) is 1. The van der Waals surface area contributed by atoms with Crippen molar-refractivity contribution in [2.75, 3.05) is 13.1 Å². The zero-order chi connectivity index (χ0) is 15.2. The van der Waals surface area contributed by atoms with E-state index in [2.05, 4.69) is 25.2 Å². The minimum Gasteiger partial charge on any atom is -0.488 e. The van der Waals surface area contributed by atoms with E-state index in [0.29, 0.717) is 25.4 Å². The maximum absolute atomic E-state index is 12.0. The molecule has 1 aliphatic rings. The third-order valence-corrected chi connectivity index (χ3v) is 3.85. The van der Waals surface area contributed by atoms with Crippen LogP contribution in [0.3, 0.4) is 0 Å². The Labute approximate surface area is 127 Å². The van der Waals surface area contributed by atoms with Gasteiger partial charge in [-0.25, -0.2) is 0 Å². The molecule has 0 fully saturated rings. The van der Waals surface area contributed by atoms with E-state index in [4.69, 9.17) is 10.5 Å². The predicted molar refractivity (Wildman–Crippen MR) is 84.2 cm³/mol. The molecule has 2 rings (SSSR count). The first-order valence-corrected chi connectivity index (χ1v) is 7.79. The normalized spacial score (nSPS) is 18.2. The molecule has 4 heteroatoms. The molecule has 0 bridgehead atoms. The average molecular weight is 290 g/mol. The zero-order valence-corrected chi connectivity index (χ0v) is 13.0. The highest BCUT2D eigenvalue weighted by Gasteiger charge is 2.23. The number of carbonyl (C=O) groups is 1. The molecular weight excluding hydrogens is 264 g/mol. The molecule has 1 heterocycles. The Morgan fingerprint density at radius 1 is 1.43 bits per heavy atom. The summed E-state index contributed by atoms with van der Waals surface area (Å²) in [5, 5.41) is 2.98. The lowest BCUT2D eigenvalue weighted by atomic mass is 9.94. The molecule has 0 spiro atoms. The van der Waals surface area contributed by atoms with Crippen molar-refractivity contribution in [2.45, 2.75) is 39.2 Å². The van der Waals surface area contributed by atoms with E-state index in [-0.39, 0.29) is 17.9 Å². The molecule has 4 nitrogen and oxygen atoms in total. The SMILES string of the molecule is CC(C)C[C@H](CN)CC(=O)NCC1Cc2ccccc2O1. The molecule has 0 saturated heterocycles. The van der Waals surface area contributed by atoms with Gasteiger partial charge in [-0.15, -0.1) is 0 Å². The molecule has 1 aliphatic heterocycles. The van der Waals surface area contributed by atoms with Gasteiger partial charge in [0.25, 0.3) is 0 Å². The third kappa shape index (κ3) is 4.74. The number of amides is 1. The Morgan fingerprint density at radius 2 is 2.19 bits per heavy atom. The summed E-state index contributed by atoms with van der Waals surface area (Å²) in [6, 6.07) is 8.03. The molecule has 1 aromatic carbocycles. The topological polar surface area (TPSA) is 64.4 Å². The summed E-state index contributed by atoms with van der Waals surface area (Å²) >= 11 is 0. The fraction of sp³-hybridized carbons (Fsp3) is 0.588. The predicted octanol–water partition coefficient (Wildman–Crippen LogP) is 2.12. The first-order valence-electron chi connectivity index (χ1n) is 7.79. The molecule has 116 valence electrons. The standard InChI is InChI=1S/C17H26N2O2/c1-12(2)7-13(10-18)8-17(20)19-11-15-9-14-5-3-4-6-16(14)21-15/h3-6,12-13,15H,7-11,18H2,1-2H3,(H,19,20)/t13-,15?/m0/s1. The number of para-hydroxylation sites is 1. The van der Waals surface area contributed by atoms with Crippen molar-refractivity contribution in [2.24, 2.45) is 17.6 Å². The zero-order valence-electron chi connectivity index (χ0n) is 13.0. The van der Waals surface area contributed by atoms with Crippen molar-refractivity contribution in [3.8, 4) is 5.75 Å². The summed E-state index contributed by atoms with van der Waals surface area (Å²) in [5.74, 6) is 1.85. The van der Waals surface area contributed by atoms with Crippen LogP contribution >= 0.6 is 0 Å². The van der Waals surface area contributed by atoms with Gasteiger partial charge in [-0.05, 0) is 36.4 Å². The Bertz CT molecular complexity index is 449. The Balaban J connectivity index is 1.73. The van der Waals surface area contributed by atoms with Crippen molar-refractivity contribution in [1.29, 1.82) is 0 Å². The summed E-state index contributed by atoms with van der Waals surface area (Å²) in [4.78, 5) is 12.0. The molecule has 2 atom stereocenters. The quantitative estimate of drug-likeness (QED) is 0.808. The van der Waals surface area contributed by atoms with Crippen LogP contribution in [-0.2, 0) is 11.2 Å². The van der Waals surface area contributed by atoms with Gasteiger partial charge in [-0.1, -0.05) is 32.0 Å². The molecule has 0 aliphatic carbocycles. The average Bonchev–Trinajstić information content (AvgIpc) is 2.86. The van der Waals surface area contributed by atoms with Crippen LogP contribution in [0.25, 0.3) is 0 Å². The molecule has 21 heavy (non-hydrogen) atoms. The van der Waals surface area contributed by atoms with Crippen LogP contribution in [0.15, 0.2) is 24.3 Å². The van der Waals surface area contributed by atoms with E-state index >= 15 is 0 Å². The van der Waals surface area contributed by atoms with Crippen molar-refractivity contribution in [3.05, 3.63) is 29.8 Å². The van der Waals surface area contributed by atoms with Gasteiger partial charge in [0.05, 0.1) is 6.54 Å². The number of fused-ring (bicyclic) bond motifs is 1. The highest BCUT2D eigenvalue weighted by Crippen LogP contribution is 2.27. The second-order valence-electron chi connectivity index (χ2n) is 6.29. The molecule has 0 aromatic heterocycles. The number of hydrogen-bond donors (Lipinski definition) is 2. The highest BCUT2D eigenvalue weighted by molar-refractivity contribution is 5.76. The van der Waals surface area contributed by atoms with Gasteiger partial charge in [0.15, 0.2) is 0 Å². The van der Waals surface area contributed by atoms with Crippen molar-refractivity contribution < 1.29 is 9.53 Å². The fourth-order valence-corrected chi connectivity index (χ4v) is 2.86. The summed E-state index contributed by atoms with van der Waals surface area (Å²) < 4.78 is 5.81. The van der Waals surface area contributed by atoms with Gasteiger partial charge in [0.1, 0.15) is 11.9 Å². The summed E-state index contributed by atoms with van der Waals surface area (Å²) in [7, 11) is 0. The van der Waals surface area contributed by atoms with E-state index < -0.39 is 0 Å². The molecule has 1 amide bonds. The highest BCUT2D eigenvalue weighted by atomic mass is 16.5. The second-order valence-corrected chi connectivity index (χ2v) is 6.29. The molecule has 1 unspecified atom stereocenters. The smallest absolute Gasteiger partial charge is 0.220 e. The third-order valence-electron chi connectivity index (χ3n) is 3.85. The molecule has 3 N–H and O–H groups in total. The first kappa shape index (κ1) is 15.8. The van der Waals surface area contributed by atoms with Gasteiger partial charge in [-0.3, -0.25) is 4.79 Å². The van der Waals surface area contributed by atoms with Gasteiger partial charge >= 0.3 is 0 Å². The molecule has 0 saturated carbocycles. The number of carbonyl (C=O) groups excluding carboxylic acids is 1. The van der Waals surface area contributed by atoms with Crippen LogP contribution in [-0.4, -0.2) is 25.1 Å². The molecular formula is C17H26N2O2. The van der Waals surface area contributed by atoms with Crippen molar-refractivity contribution in [3.63, 3.8) is 0 Å². The summed E-state index contributed by atoms with van der Waals surface area (Å²) in [6.07, 6.45) is 2.42. The van der Waals surface area contributed by atoms with E-state index in [1.165, 1.54) is 5.56 Å². The number of benzene rings is 1. The van der Waals surface area contributed by atoms with Crippen LogP contribution in [0, 0.1) is 11.8 Å².